The first-order chi connectivity index (χ1) is 8.08. The van der Waals surface area contributed by atoms with Gasteiger partial charge in [0.2, 0.25) is 0 Å². The van der Waals surface area contributed by atoms with Crippen molar-refractivity contribution in [1.29, 1.82) is 0 Å². The van der Waals surface area contributed by atoms with Gasteiger partial charge in [0.15, 0.2) is 5.69 Å². The molecule has 0 saturated heterocycles. The topological polar surface area (TPSA) is 76.0 Å². The lowest BCUT2D eigenvalue weighted by Crippen LogP contribution is -2.05. The molecule has 0 aliphatic carbocycles. The van der Waals surface area contributed by atoms with Gasteiger partial charge in [-0.3, -0.25) is 0 Å². The van der Waals surface area contributed by atoms with Gasteiger partial charge in [0, 0.05) is 17.5 Å². The Labute approximate surface area is 98.2 Å². The van der Waals surface area contributed by atoms with Gasteiger partial charge in [-0.15, -0.1) is 0 Å². The zero-order chi connectivity index (χ0) is 12.4. The van der Waals surface area contributed by atoms with Gasteiger partial charge in [-0.1, -0.05) is 0 Å². The fourth-order valence-corrected chi connectivity index (χ4v) is 1.53. The first-order valence-electron chi connectivity index (χ1n) is 5.09. The number of rotatable bonds is 2. The molecule has 0 radical (unpaired) electrons. The molecule has 0 amide bonds. The number of hydrogen-bond acceptors (Lipinski definition) is 4. The third kappa shape index (κ3) is 2.28. The Hall–Kier alpha value is -2.30. The van der Waals surface area contributed by atoms with E-state index in [0.717, 1.165) is 0 Å². The maximum atomic E-state index is 11.1. The van der Waals surface area contributed by atoms with Gasteiger partial charge in [0.1, 0.15) is 5.82 Å². The van der Waals surface area contributed by atoms with E-state index in [9.17, 15) is 4.79 Å². The summed E-state index contributed by atoms with van der Waals surface area (Å²) in [5, 5.41) is 9.11. The van der Waals surface area contributed by atoms with Gasteiger partial charge in [0.05, 0.1) is 5.69 Å². The summed E-state index contributed by atoms with van der Waals surface area (Å²) in [6.45, 7) is 3.51. The minimum absolute atomic E-state index is 0.0168. The maximum Gasteiger partial charge on any atom is 0.355 e. The molecule has 5 heteroatoms. The van der Waals surface area contributed by atoms with Crippen LogP contribution in [0.15, 0.2) is 24.4 Å². The normalized spacial score (nSPS) is 10.2. The van der Waals surface area contributed by atoms with E-state index in [1.165, 1.54) is 0 Å². The van der Waals surface area contributed by atoms with Crippen LogP contribution in [-0.2, 0) is 0 Å². The zero-order valence-electron chi connectivity index (χ0n) is 9.51. The number of carboxylic acid groups (broad SMARTS) is 1. The molecular weight excluding hydrogens is 218 g/mol. The van der Waals surface area contributed by atoms with Crippen LogP contribution in [0.3, 0.4) is 0 Å². The second-order valence-electron chi connectivity index (χ2n) is 3.64. The fraction of sp³-hybridized carbons (Fsp3) is 0.167. The lowest BCUT2D eigenvalue weighted by atomic mass is 10.1. The van der Waals surface area contributed by atoms with E-state index in [1.54, 1.807) is 38.2 Å². The van der Waals surface area contributed by atoms with Crippen LogP contribution in [0, 0.1) is 13.8 Å². The quantitative estimate of drug-likeness (QED) is 0.850. The monoisotopic (exact) mass is 229 g/mol. The van der Waals surface area contributed by atoms with Crippen LogP contribution in [0.1, 0.15) is 22.0 Å². The van der Waals surface area contributed by atoms with Gasteiger partial charge in [-0.25, -0.2) is 19.7 Å². The SMILES string of the molecule is Cc1ccc(-c2ccnc(C)n2)c(C(=O)O)n1. The van der Waals surface area contributed by atoms with E-state index in [4.69, 9.17) is 5.11 Å². The second-order valence-corrected chi connectivity index (χ2v) is 3.64. The zero-order valence-corrected chi connectivity index (χ0v) is 9.51. The summed E-state index contributed by atoms with van der Waals surface area (Å²) in [4.78, 5) is 23.3. The van der Waals surface area contributed by atoms with E-state index < -0.39 is 5.97 Å². The van der Waals surface area contributed by atoms with Crippen LogP contribution in [0.2, 0.25) is 0 Å². The molecule has 2 rings (SSSR count). The summed E-state index contributed by atoms with van der Waals surface area (Å²) in [5.74, 6) is -0.459. The van der Waals surface area contributed by atoms with Crippen molar-refractivity contribution >= 4 is 5.97 Å². The van der Waals surface area contributed by atoms with Crippen LogP contribution >= 0.6 is 0 Å². The molecule has 0 saturated carbocycles. The number of carbonyl (C=O) groups is 1. The highest BCUT2D eigenvalue weighted by Crippen LogP contribution is 2.20. The van der Waals surface area contributed by atoms with Crippen LogP contribution in [0.4, 0.5) is 0 Å². The highest BCUT2D eigenvalue weighted by atomic mass is 16.4. The van der Waals surface area contributed by atoms with E-state index in [2.05, 4.69) is 15.0 Å². The summed E-state index contributed by atoms with van der Waals surface area (Å²) in [7, 11) is 0. The molecule has 0 unspecified atom stereocenters. The number of pyridine rings is 1. The second kappa shape index (κ2) is 4.29. The van der Waals surface area contributed by atoms with Crippen molar-refractivity contribution in [3.8, 4) is 11.3 Å². The summed E-state index contributed by atoms with van der Waals surface area (Å²) in [6, 6.07) is 5.15. The number of hydrogen-bond donors (Lipinski definition) is 1. The minimum Gasteiger partial charge on any atom is -0.476 e. The van der Waals surface area contributed by atoms with Crippen molar-refractivity contribution in [3.63, 3.8) is 0 Å². The Morgan fingerprint density at radius 1 is 1.18 bits per heavy atom. The molecule has 2 aromatic rings. The van der Waals surface area contributed by atoms with E-state index in [1.807, 2.05) is 0 Å². The first-order valence-corrected chi connectivity index (χ1v) is 5.09. The molecule has 5 nitrogen and oxygen atoms in total. The molecule has 0 fully saturated rings. The van der Waals surface area contributed by atoms with E-state index in [-0.39, 0.29) is 5.69 Å². The molecule has 0 aromatic carbocycles. The van der Waals surface area contributed by atoms with Gasteiger partial charge >= 0.3 is 5.97 Å². The molecule has 0 bridgehead atoms. The Balaban J connectivity index is 2.63. The third-order valence-electron chi connectivity index (χ3n) is 2.29. The lowest BCUT2D eigenvalue weighted by molar-refractivity contribution is 0.0691. The van der Waals surface area contributed by atoms with Crippen LogP contribution in [0.5, 0.6) is 0 Å². The van der Waals surface area contributed by atoms with Crippen molar-refractivity contribution in [2.45, 2.75) is 13.8 Å². The molecule has 0 aliphatic rings. The summed E-state index contributed by atoms with van der Waals surface area (Å²) >= 11 is 0. The van der Waals surface area contributed by atoms with E-state index >= 15 is 0 Å². The summed E-state index contributed by atoms with van der Waals surface area (Å²) < 4.78 is 0. The van der Waals surface area contributed by atoms with Crippen molar-refractivity contribution in [2.24, 2.45) is 0 Å². The third-order valence-corrected chi connectivity index (χ3v) is 2.29. The van der Waals surface area contributed by atoms with Gasteiger partial charge in [-0.2, -0.15) is 0 Å². The lowest BCUT2D eigenvalue weighted by Gasteiger charge is -2.05. The smallest absolute Gasteiger partial charge is 0.355 e. The molecular formula is C12H11N3O2. The molecule has 0 spiro atoms. The summed E-state index contributed by atoms with van der Waals surface area (Å²) in [5.41, 5.74) is 1.76. The molecule has 2 aromatic heterocycles. The average Bonchev–Trinajstić information content (AvgIpc) is 2.28. The van der Waals surface area contributed by atoms with Gasteiger partial charge in [-0.05, 0) is 32.0 Å². The van der Waals surface area contributed by atoms with Gasteiger partial charge < -0.3 is 5.11 Å². The van der Waals surface area contributed by atoms with Crippen molar-refractivity contribution in [1.82, 2.24) is 15.0 Å². The van der Waals surface area contributed by atoms with Crippen LogP contribution < -0.4 is 0 Å². The highest BCUT2D eigenvalue weighted by Gasteiger charge is 2.14. The van der Waals surface area contributed by atoms with Crippen molar-refractivity contribution in [3.05, 3.63) is 41.6 Å². The highest BCUT2D eigenvalue weighted by molar-refractivity contribution is 5.93. The van der Waals surface area contributed by atoms with Crippen molar-refractivity contribution in [2.75, 3.05) is 0 Å². The predicted molar refractivity (Wildman–Crippen MR) is 61.7 cm³/mol. The number of aromatic nitrogens is 3. The van der Waals surface area contributed by atoms with E-state index in [0.29, 0.717) is 22.8 Å². The Bertz CT molecular complexity index is 582. The first kappa shape index (κ1) is 11.2. The number of aromatic carboxylic acids is 1. The fourth-order valence-electron chi connectivity index (χ4n) is 1.53. The number of carboxylic acids is 1. The minimum atomic E-state index is -1.06. The predicted octanol–water partition coefficient (Wildman–Crippen LogP) is 1.85. The summed E-state index contributed by atoms with van der Waals surface area (Å²) in [6.07, 6.45) is 1.60. The molecule has 0 aliphatic heterocycles. The Morgan fingerprint density at radius 3 is 2.59 bits per heavy atom. The molecule has 0 atom stereocenters. The molecule has 17 heavy (non-hydrogen) atoms. The number of nitrogens with zero attached hydrogens (tertiary/aromatic N) is 3. The Kier molecular flexibility index (Phi) is 2.82. The molecule has 2 heterocycles. The Morgan fingerprint density at radius 2 is 1.94 bits per heavy atom. The van der Waals surface area contributed by atoms with Gasteiger partial charge in [0.25, 0.3) is 0 Å². The maximum absolute atomic E-state index is 11.1. The molecule has 1 N–H and O–H groups in total. The number of aryl methyl sites for hydroxylation is 2. The largest absolute Gasteiger partial charge is 0.476 e. The van der Waals surface area contributed by atoms with Crippen LogP contribution in [0.25, 0.3) is 11.3 Å². The average molecular weight is 229 g/mol. The standard InChI is InChI=1S/C12H11N3O2/c1-7-3-4-9(11(14-7)12(16)17)10-5-6-13-8(2)15-10/h3-6H,1-2H3,(H,16,17). The molecule has 86 valence electrons. The van der Waals surface area contributed by atoms with Crippen molar-refractivity contribution < 1.29 is 9.90 Å². The van der Waals surface area contributed by atoms with Crippen LogP contribution in [-0.4, -0.2) is 26.0 Å².